The van der Waals surface area contributed by atoms with Crippen molar-refractivity contribution in [3.63, 3.8) is 0 Å². The van der Waals surface area contributed by atoms with Crippen LogP contribution >= 0.6 is 11.6 Å². The summed E-state index contributed by atoms with van der Waals surface area (Å²) in [5.41, 5.74) is -2.05. The van der Waals surface area contributed by atoms with Crippen molar-refractivity contribution in [1.82, 2.24) is 14.4 Å². The largest absolute Gasteiger partial charge is 0.464 e. The van der Waals surface area contributed by atoms with Crippen LogP contribution in [0, 0.1) is 0 Å². The molecule has 10 heteroatoms. The number of alkyl halides is 3. The summed E-state index contributed by atoms with van der Waals surface area (Å²) in [7, 11) is 1.14. The summed E-state index contributed by atoms with van der Waals surface area (Å²) in [6.45, 7) is 0. The molecule has 3 aromatic rings. The first-order valence-corrected chi connectivity index (χ1v) is 6.50. The van der Waals surface area contributed by atoms with Crippen molar-refractivity contribution in [2.24, 2.45) is 0 Å². The Bertz CT molecular complexity index is 1010. The standard InChI is InChI=1S/C13H7ClF3N3O3/c1-23-12(22)8-4-20-9-3-6(14)5(13(15,16)17)2-7(9)19-11(21)10(20)18-8/h2-4H,1H3,(H,19,21). The summed E-state index contributed by atoms with van der Waals surface area (Å²) >= 11 is 5.69. The Labute approximate surface area is 130 Å². The molecule has 120 valence electrons. The van der Waals surface area contributed by atoms with Crippen LogP contribution in [-0.2, 0) is 10.9 Å². The summed E-state index contributed by atoms with van der Waals surface area (Å²) in [5.74, 6) is -0.778. The van der Waals surface area contributed by atoms with Crippen LogP contribution in [0.3, 0.4) is 0 Å². The molecule has 2 aromatic heterocycles. The molecule has 0 aliphatic carbocycles. The Hall–Kier alpha value is -2.55. The molecular weight excluding hydrogens is 339 g/mol. The summed E-state index contributed by atoms with van der Waals surface area (Å²) in [6, 6.07) is 1.78. The monoisotopic (exact) mass is 345 g/mol. The van der Waals surface area contributed by atoms with Crippen molar-refractivity contribution in [2.45, 2.75) is 6.18 Å². The number of H-pyrrole nitrogens is 1. The third kappa shape index (κ3) is 2.42. The van der Waals surface area contributed by atoms with E-state index in [1.54, 1.807) is 0 Å². The molecule has 0 amide bonds. The molecular formula is C13H7ClF3N3O3. The lowest BCUT2D eigenvalue weighted by molar-refractivity contribution is -0.137. The predicted octanol–water partition coefficient (Wildman–Crippen LogP) is 2.63. The maximum absolute atomic E-state index is 12.9. The highest BCUT2D eigenvalue weighted by Crippen LogP contribution is 2.36. The second-order valence-corrected chi connectivity index (χ2v) is 5.02. The Morgan fingerprint density at radius 1 is 1.39 bits per heavy atom. The molecule has 6 nitrogen and oxygen atoms in total. The molecule has 0 saturated carbocycles. The maximum Gasteiger partial charge on any atom is 0.417 e. The van der Waals surface area contributed by atoms with Crippen LogP contribution in [0.15, 0.2) is 23.1 Å². The number of carbonyl (C=O) groups excluding carboxylic acids is 1. The van der Waals surface area contributed by atoms with Crippen molar-refractivity contribution >= 4 is 34.3 Å². The molecule has 0 atom stereocenters. The fourth-order valence-electron chi connectivity index (χ4n) is 2.18. The Morgan fingerprint density at radius 2 is 2.09 bits per heavy atom. The molecule has 0 aliphatic rings. The van der Waals surface area contributed by atoms with E-state index in [4.69, 9.17) is 11.6 Å². The number of methoxy groups -OCH3 is 1. The molecule has 1 aromatic carbocycles. The minimum atomic E-state index is -4.66. The fraction of sp³-hybridized carbons (Fsp3) is 0.154. The van der Waals surface area contributed by atoms with Gasteiger partial charge < -0.3 is 9.72 Å². The van der Waals surface area contributed by atoms with Gasteiger partial charge in [0.2, 0.25) is 5.65 Å². The predicted molar refractivity (Wildman–Crippen MR) is 74.7 cm³/mol. The number of benzene rings is 1. The number of ether oxygens (including phenoxy) is 1. The minimum Gasteiger partial charge on any atom is -0.464 e. The van der Waals surface area contributed by atoms with Gasteiger partial charge >= 0.3 is 12.1 Å². The number of aromatic nitrogens is 3. The van der Waals surface area contributed by atoms with Crippen LogP contribution in [-0.4, -0.2) is 27.4 Å². The molecule has 1 N–H and O–H groups in total. The van der Waals surface area contributed by atoms with Crippen molar-refractivity contribution in [2.75, 3.05) is 7.11 Å². The van der Waals surface area contributed by atoms with Gasteiger partial charge in [-0.05, 0) is 12.1 Å². The van der Waals surface area contributed by atoms with E-state index in [0.29, 0.717) is 0 Å². The zero-order chi connectivity index (χ0) is 16.9. The van der Waals surface area contributed by atoms with E-state index >= 15 is 0 Å². The number of hydrogen-bond donors (Lipinski definition) is 1. The van der Waals surface area contributed by atoms with Crippen molar-refractivity contribution in [1.29, 1.82) is 0 Å². The molecule has 0 aliphatic heterocycles. The number of aromatic amines is 1. The van der Waals surface area contributed by atoms with Gasteiger partial charge in [-0.2, -0.15) is 13.2 Å². The zero-order valence-corrected chi connectivity index (χ0v) is 12.1. The SMILES string of the molecule is COC(=O)c1cn2c(n1)c(=O)[nH]c1cc(C(F)(F)F)c(Cl)cc12. The number of hydrogen-bond acceptors (Lipinski definition) is 4. The van der Waals surface area contributed by atoms with Crippen LogP contribution in [0.5, 0.6) is 0 Å². The van der Waals surface area contributed by atoms with Gasteiger partial charge in [-0.1, -0.05) is 11.6 Å². The lowest BCUT2D eigenvalue weighted by atomic mass is 10.2. The molecule has 0 radical (unpaired) electrons. The number of fused-ring (bicyclic) bond motifs is 3. The highest BCUT2D eigenvalue weighted by molar-refractivity contribution is 6.32. The molecule has 3 rings (SSSR count). The van der Waals surface area contributed by atoms with Gasteiger partial charge in [0.25, 0.3) is 5.56 Å². The van der Waals surface area contributed by atoms with Gasteiger partial charge in [-0.15, -0.1) is 0 Å². The van der Waals surface area contributed by atoms with Crippen molar-refractivity contribution in [3.05, 3.63) is 45.0 Å². The van der Waals surface area contributed by atoms with E-state index in [2.05, 4.69) is 14.7 Å². The van der Waals surface area contributed by atoms with Crippen molar-refractivity contribution < 1.29 is 22.7 Å². The highest BCUT2D eigenvalue weighted by atomic mass is 35.5. The summed E-state index contributed by atoms with van der Waals surface area (Å²) in [4.78, 5) is 29.6. The lowest BCUT2D eigenvalue weighted by Gasteiger charge is -2.10. The van der Waals surface area contributed by atoms with Gasteiger partial charge in [-0.3, -0.25) is 9.20 Å². The van der Waals surface area contributed by atoms with Gasteiger partial charge in [0.15, 0.2) is 5.69 Å². The maximum atomic E-state index is 12.9. The number of nitrogens with one attached hydrogen (secondary N) is 1. The number of imidazole rings is 1. The summed E-state index contributed by atoms with van der Waals surface area (Å²) in [5, 5.41) is -0.535. The molecule has 0 bridgehead atoms. The van der Waals surface area contributed by atoms with Crippen LogP contribution in [0.4, 0.5) is 13.2 Å². The smallest absolute Gasteiger partial charge is 0.417 e. The fourth-order valence-corrected chi connectivity index (χ4v) is 2.45. The van der Waals surface area contributed by atoms with Crippen molar-refractivity contribution in [3.8, 4) is 0 Å². The molecule has 0 saturated heterocycles. The normalized spacial score (nSPS) is 12.0. The number of rotatable bonds is 1. The Balaban J connectivity index is 2.40. The van der Waals surface area contributed by atoms with Crippen LogP contribution in [0.1, 0.15) is 16.1 Å². The summed E-state index contributed by atoms with van der Waals surface area (Å²) < 4.78 is 44.4. The van der Waals surface area contributed by atoms with E-state index in [1.807, 2.05) is 0 Å². The number of nitrogens with zero attached hydrogens (tertiary/aromatic N) is 2. The zero-order valence-electron chi connectivity index (χ0n) is 11.4. The first kappa shape index (κ1) is 15.3. The molecule has 23 heavy (non-hydrogen) atoms. The van der Waals surface area contributed by atoms with E-state index in [9.17, 15) is 22.8 Å². The van der Waals surface area contributed by atoms with Gasteiger partial charge in [0.05, 0.1) is 28.7 Å². The average Bonchev–Trinajstić information content (AvgIpc) is 2.92. The first-order valence-electron chi connectivity index (χ1n) is 6.12. The van der Waals surface area contributed by atoms with Crippen LogP contribution < -0.4 is 5.56 Å². The van der Waals surface area contributed by atoms with Crippen LogP contribution in [0.2, 0.25) is 5.02 Å². The quantitative estimate of drug-likeness (QED) is 0.688. The van der Waals surface area contributed by atoms with E-state index in [-0.39, 0.29) is 22.4 Å². The van der Waals surface area contributed by atoms with Gasteiger partial charge in [-0.25, -0.2) is 9.78 Å². The summed E-state index contributed by atoms with van der Waals surface area (Å²) in [6.07, 6.45) is -3.47. The minimum absolute atomic E-state index is 0.0898. The van der Waals surface area contributed by atoms with E-state index in [0.717, 1.165) is 19.2 Å². The third-order valence-corrected chi connectivity index (χ3v) is 3.51. The second-order valence-electron chi connectivity index (χ2n) is 4.61. The Kier molecular flexibility index (Phi) is 3.33. The lowest BCUT2D eigenvalue weighted by Crippen LogP contribution is -2.12. The van der Waals surface area contributed by atoms with E-state index < -0.39 is 28.3 Å². The number of halogens is 4. The topological polar surface area (TPSA) is 76.5 Å². The Morgan fingerprint density at radius 3 is 2.70 bits per heavy atom. The highest BCUT2D eigenvalue weighted by Gasteiger charge is 2.34. The molecule has 0 spiro atoms. The number of carbonyl (C=O) groups is 1. The van der Waals surface area contributed by atoms with E-state index in [1.165, 1.54) is 10.6 Å². The number of esters is 1. The van der Waals surface area contributed by atoms with Gasteiger partial charge in [0.1, 0.15) is 0 Å². The molecule has 0 unspecified atom stereocenters. The second kappa shape index (κ2) is 4.98. The molecule has 2 heterocycles. The van der Waals surface area contributed by atoms with Crippen LogP contribution in [0.25, 0.3) is 16.7 Å². The average molecular weight is 346 g/mol. The molecule has 0 fully saturated rings. The third-order valence-electron chi connectivity index (χ3n) is 3.20. The van der Waals surface area contributed by atoms with Gasteiger partial charge in [0, 0.05) is 6.20 Å². The first-order chi connectivity index (χ1) is 10.7.